The topological polar surface area (TPSA) is 78.5 Å². The zero-order valence-electron chi connectivity index (χ0n) is 17.5. The molecule has 0 saturated heterocycles. The SMILES string of the molecule is CCOC[C@H](O)CN(Cc1nc2scc(-c3ccccc3Cl)c2c(=O)[nH]1)CC(C)C. The highest BCUT2D eigenvalue weighted by Gasteiger charge is 2.18. The Labute approximate surface area is 185 Å². The van der Waals surface area contributed by atoms with Crippen molar-refractivity contribution in [1.82, 2.24) is 14.9 Å². The number of H-pyrrole nitrogens is 1. The Hall–Kier alpha value is -1.77. The smallest absolute Gasteiger partial charge is 0.260 e. The summed E-state index contributed by atoms with van der Waals surface area (Å²) in [6, 6.07) is 7.48. The summed E-state index contributed by atoms with van der Waals surface area (Å²) in [6.45, 7) is 8.69. The summed E-state index contributed by atoms with van der Waals surface area (Å²) >= 11 is 7.77. The molecular weight excluding hydrogens is 422 g/mol. The Balaban J connectivity index is 1.87. The minimum absolute atomic E-state index is 0.175. The van der Waals surface area contributed by atoms with E-state index in [1.54, 1.807) is 0 Å². The number of benzene rings is 1. The number of hydrogen-bond acceptors (Lipinski definition) is 6. The van der Waals surface area contributed by atoms with Crippen LogP contribution >= 0.6 is 22.9 Å². The average Bonchev–Trinajstić information content (AvgIpc) is 3.10. The van der Waals surface area contributed by atoms with Crippen molar-refractivity contribution in [2.24, 2.45) is 5.92 Å². The summed E-state index contributed by atoms with van der Waals surface area (Å²) in [4.78, 5) is 23.3. The first-order valence-corrected chi connectivity index (χ1v) is 11.4. The second-order valence-electron chi connectivity index (χ2n) is 7.72. The molecule has 1 aromatic carbocycles. The molecule has 1 atom stereocenters. The number of aliphatic hydroxyl groups excluding tert-OH is 1. The van der Waals surface area contributed by atoms with Crippen LogP contribution in [-0.2, 0) is 11.3 Å². The van der Waals surface area contributed by atoms with Crippen LogP contribution in [0.15, 0.2) is 34.4 Å². The summed E-state index contributed by atoms with van der Waals surface area (Å²) in [5.74, 6) is 0.998. The van der Waals surface area contributed by atoms with E-state index in [1.165, 1.54) is 11.3 Å². The molecule has 0 spiro atoms. The van der Waals surface area contributed by atoms with Crippen LogP contribution in [0.25, 0.3) is 21.3 Å². The van der Waals surface area contributed by atoms with E-state index in [1.807, 2.05) is 36.6 Å². The van der Waals surface area contributed by atoms with Crippen molar-refractivity contribution in [3.63, 3.8) is 0 Å². The molecule has 30 heavy (non-hydrogen) atoms. The van der Waals surface area contributed by atoms with Crippen molar-refractivity contribution in [2.75, 3.05) is 26.3 Å². The van der Waals surface area contributed by atoms with Gasteiger partial charge in [-0.2, -0.15) is 0 Å². The molecule has 2 heterocycles. The van der Waals surface area contributed by atoms with Crippen molar-refractivity contribution in [2.45, 2.75) is 33.4 Å². The lowest BCUT2D eigenvalue weighted by atomic mass is 10.1. The van der Waals surface area contributed by atoms with Crippen LogP contribution in [0.3, 0.4) is 0 Å². The second-order valence-corrected chi connectivity index (χ2v) is 8.99. The lowest BCUT2D eigenvalue weighted by molar-refractivity contribution is 0.0170. The molecule has 6 nitrogen and oxygen atoms in total. The van der Waals surface area contributed by atoms with Gasteiger partial charge in [-0.3, -0.25) is 9.69 Å². The van der Waals surface area contributed by atoms with E-state index in [0.29, 0.717) is 53.3 Å². The Morgan fingerprint density at radius 3 is 2.73 bits per heavy atom. The van der Waals surface area contributed by atoms with Crippen molar-refractivity contribution in [3.8, 4) is 11.1 Å². The van der Waals surface area contributed by atoms with Gasteiger partial charge < -0.3 is 14.8 Å². The molecule has 0 amide bonds. The third-order valence-electron chi connectivity index (χ3n) is 4.64. The van der Waals surface area contributed by atoms with Gasteiger partial charge in [0.2, 0.25) is 0 Å². The molecule has 0 aliphatic carbocycles. The second kappa shape index (κ2) is 10.5. The first kappa shape index (κ1) is 22.9. The molecule has 0 saturated carbocycles. The Morgan fingerprint density at radius 1 is 1.27 bits per heavy atom. The fraction of sp³-hybridized carbons (Fsp3) is 0.455. The fourth-order valence-electron chi connectivity index (χ4n) is 3.48. The number of aromatic amines is 1. The summed E-state index contributed by atoms with van der Waals surface area (Å²) in [7, 11) is 0. The number of aliphatic hydroxyl groups is 1. The molecule has 3 aromatic rings. The van der Waals surface area contributed by atoms with E-state index in [0.717, 1.165) is 17.7 Å². The zero-order chi connectivity index (χ0) is 21.7. The predicted octanol–water partition coefficient (Wildman–Crippen LogP) is 4.16. The van der Waals surface area contributed by atoms with Gasteiger partial charge in [-0.05, 0) is 18.9 Å². The van der Waals surface area contributed by atoms with E-state index in [-0.39, 0.29) is 5.56 Å². The summed E-state index contributed by atoms with van der Waals surface area (Å²) < 4.78 is 5.32. The third-order valence-corrected chi connectivity index (χ3v) is 5.84. The predicted molar refractivity (Wildman–Crippen MR) is 123 cm³/mol. The highest BCUT2D eigenvalue weighted by molar-refractivity contribution is 7.17. The molecule has 0 aliphatic rings. The van der Waals surface area contributed by atoms with E-state index < -0.39 is 6.10 Å². The van der Waals surface area contributed by atoms with Gasteiger partial charge in [0.25, 0.3) is 5.56 Å². The number of halogens is 1. The number of thiophene rings is 1. The maximum absolute atomic E-state index is 12.9. The van der Waals surface area contributed by atoms with Gasteiger partial charge in [0.1, 0.15) is 10.7 Å². The largest absolute Gasteiger partial charge is 0.389 e. The molecule has 0 aliphatic heterocycles. The molecule has 0 unspecified atom stereocenters. The zero-order valence-corrected chi connectivity index (χ0v) is 19.1. The van der Waals surface area contributed by atoms with Gasteiger partial charge in [0.15, 0.2) is 0 Å². The van der Waals surface area contributed by atoms with Gasteiger partial charge in [-0.15, -0.1) is 11.3 Å². The summed E-state index contributed by atoms with van der Waals surface area (Å²) in [6.07, 6.45) is -0.590. The number of aromatic nitrogens is 2. The van der Waals surface area contributed by atoms with Gasteiger partial charge in [0, 0.05) is 41.2 Å². The Bertz CT molecular complexity index is 1030. The maximum atomic E-state index is 12.9. The van der Waals surface area contributed by atoms with Gasteiger partial charge >= 0.3 is 0 Å². The van der Waals surface area contributed by atoms with E-state index in [4.69, 9.17) is 21.3 Å². The number of nitrogens with one attached hydrogen (secondary N) is 1. The standard InChI is InChI=1S/C22H28ClN3O3S/c1-4-29-12-15(27)10-26(9-14(2)3)11-19-24-21(28)20-17(13-30-22(20)25-19)16-7-5-6-8-18(16)23/h5-8,13-15,27H,4,9-12H2,1-3H3,(H,24,25,28)/t15-/m1/s1. The molecule has 2 aromatic heterocycles. The normalized spacial score (nSPS) is 12.9. The molecule has 0 radical (unpaired) electrons. The monoisotopic (exact) mass is 449 g/mol. The van der Waals surface area contributed by atoms with Crippen molar-refractivity contribution >= 4 is 33.2 Å². The van der Waals surface area contributed by atoms with Crippen molar-refractivity contribution in [3.05, 3.63) is 50.8 Å². The van der Waals surface area contributed by atoms with Crippen LogP contribution < -0.4 is 5.56 Å². The van der Waals surface area contributed by atoms with Crippen molar-refractivity contribution < 1.29 is 9.84 Å². The number of rotatable bonds is 10. The number of nitrogens with zero attached hydrogens (tertiary/aromatic N) is 2. The first-order valence-electron chi connectivity index (χ1n) is 10.1. The average molecular weight is 450 g/mol. The summed E-state index contributed by atoms with van der Waals surface area (Å²) in [5, 5.41) is 13.3. The maximum Gasteiger partial charge on any atom is 0.260 e. The highest BCUT2D eigenvalue weighted by Crippen LogP contribution is 2.34. The quantitative estimate of drug-likeness (QED) is 0.486. The minimum atomic E-state index is -0.590. The van der Waals surface area contributed by atoms with Gasteiger partial charge in [-0.25, -0.2) is 4.98 Å². The molecule has 162 valence electrons. The highest BCUT2D eigenvalue weighted by atomic mass is 35.5. The van der Waals surface area contributed by atoms with Crippen LogP contribution in [-0.4, -0.2) is 52.4 Å². The number of hydrogen-bond donors (Lipinski definition) is 2. The van der Waals surface area contributed by atoms with Crippen LogP contribution in [0.5, 0.6) is 0 Å². The molecule has 8 heteroatoms. The van der Waals surface area contributed by atoms with Gasteiger partial charge in [0.05, 0.1) is 24.6 Å². The van der Waals surface area contributed by atoms with Crippen LogP contribution in [0.2, 0.25) is 5.02 Å². The molecule has 0 fully saturated rings. The number of fused-ring (bicyclic) bond motifs is 1. The Morgan fingerprint density at radius 2 is 2.03 bits per heavy atom. The lowest BCUT2D eigenvalue weighted by Gasteiger charge is -2.26. The fourth-order valence-corrected chi connectivity index (χ4v) is 4.68. The molecule has 0 bridgehead atoms. The van der Waals surface area contributed by atoms with Crippen LogP contribution in [0.4, 0.5) is 0 Å². The molecular formula is C22H28ClN3O3S. The Kier molecular flexibility index (Phi) is 8.02. The van der Waals surface area contributed by atoms with Crippen LogP contribution in [0, 0.1) is 5.92 Å². The van der Waals surface area contributed by atoms with Crippen LogP contribution in [0.1, 0.15) is 26.6 Å². The number of ether oxygens (including phenoxy) is 1. The molecule has 3 rings (SSSR count). The van der Waals surface area contributed by atoms with Gasteiger partial charge in [-0.1, -0.05) is 43.6 Å². The third kappa shape index (κ3) is 5.68. The van der Waals surface area contributed by atoms with E-state index >= 15 is 0 Å². The van der Waals surface area contributed by atoms with Crippen molar-refractivity contribution in [1.29, 1.82) is 0 Å². The minimum Gasteiger partial charge on any atom is -0.389 e. The lowest BCUT2D eigenvalue weighted by Crippen LogP contribution is -2.37. The first-order chi connectivity index (χ1) is 14.4. The molecule has 2 N–H and O–H groups in total. The van der Waals surface area contributed by atoms with E-state index in [2.05, 4.69) is 23.7 Å². The van der Waals surface area contributed by atoms with E-state index in [9.17, 15) is 9.90 Å². The summed E-state index contributed by atoms with van der Waals surface area (Å²) in [5.41, 5.74) is 1.45.